The van der Waals surface area contributed by atoms with E-state index in [1.807, 2.05) is 6.07 Å². The third-order valence-electron chi connectivity index (χ3n) is 2.69. The number of nitrogens with two attached hydrogens (primary N) is 1. The van der Waals surface area contributed by atoms with Gasteiger partial charge in [-0.15, -0.1) is 0 Å². The van der Waals surface area contributed by atoms with E-state index in [4.69, 9.17) is 10.5 Å². The third-order valence-corrected chi connectivity index (χ3v) is 2.69. The van der Waals surface area contributed by atoms with E-state index >= 15 is 0 Å². The van der Waals surface area contributed by atoms with Crippen molar-refractivity contribution < 1.29 is 4.74 Å². The Hall–Kier alpha value is -1.02. The summed E-state index contributed by atoms with van der Waals surface area (Å²) >= 11 is 0. The molecule has 1 aromatic carbocycles. The molecule has 1 aromatic rings. The average Bonchev–Trinajstić information content (AvgIpc) is 2.25. The monoisotopic (exact) mass is 221 g/mol. The highest BCUT2D eigenvalue weighted by Crippen LogP contribution is 2.29. The van der Waals surface area contributed by atoms with Crippen molar-refractivity contribution in [3.05, 3.63) is 29.3 Å². The van der Waals surface area contributed by atoms with Gasteiger partial charge >= 0.3 is 0 Å². The molecule has 0 aliphatic carbocycles. The van der Waals surface area contributed by atoms with Crippen LogP contribution in [0.4, 0.5) is 0 Å². The van der Waals surface area contributed by atoms with Gasteiger partial charge < -0.3 is 10.5 Å². The van der Waals surface area contributed by atoms with Gasteiger partial charge in [0.2, 0.25) is 0 Å². The molecule has 2 N–H and O–H groups in total. The van der Waals surface area contributed by atoms with Crippen molar-refractivity contribution in [1.29, 1.82) is 0 Å². The summed E-state index contributed by atoms with van der Waals surface area (Å²) < 4.78 is 5.56. The smallest absolute Gasteiger partial charge is 0.119 e. The summed E-state index contributed by atoms with van der Waals surface area (Å²) in [5.74, 6) is 2.01. The van der Waals surface area contributed by atoms with Crippen LogP contribution in [0.15, 0.2) is 18.2 Å². The van der Waals surface area contributed by atoms with E-state index < -0.39 is 0 Å². The van der Waals surface area contributed by atoms with E-state index in [2.05, 4.69) is 39.8 Å². The van der Waals surface area contributed by atoms with E-state index in [1.165, 1.54) is 11.1 Å². The first-order valence-corrected chi connectivity index (χ1v) is 6.03. The van der Waals surface area contributed by atoms with Gasteiger partial charge in [0.25, 0.3) is 0 Å². The van der Waals surface area contributed by atoms with Crippen molar-refractivity contribution in [3.63, 3.8) is 0 Å². The quantitative estimate of drug-likeness (QED) is 0.828. The van der Waals surface area contributed by atoms with Crippen LogP contribution < -0.4 is 10.5 Å². The Bertz CT molecular complexity index is 332. The second kappa shape index (κ2) is 5.90. The van der Waals surface area contributed by atoms with E-state index in [0.717, 1.165) is 5.75 Å². The van der Waals surface area contributed by atoms with Gasteiger partial charge in [-0.3, -0.25) is 0 Å². The first-order valence-electron chi connectivity index (χ1n) is 6.03. The Morgan fingerprint density at radius 3 is 2.19 bits per heavy atom. The van der Waals surface area contributed by atoms with E-state index in [9.17, 15) is 0 Å². The second-order valence-electron chi connectivity index (χ2n) is 4.74. The maximum Gasteiger partial charge on any atom is 0.119 e. The standard InChI is InChI=1S/C14H23NO/c1-10(2)13-6-5-12(16-8-7-15)9-14(13)11(3)4/h5-6,9-11H,7-8,15H2,1-4H3. The molecular weight excluding hydrogens is 198 g/mol. The van der Waals surface area contributed by atoms with Gasteiger partial charge in [0.1, 0.15) is 12.4 Å². The van der Waals surface area contributed by atoms with Gasteiger partial charge in [-0.1, -0.05) is 33.8 Å². The molecule has 2 heteroatoms. The topological polar surface area (TPSA) is 35.2 Å². The van der Waals surface area contributed by atoms with E-state index in [-0.39, 0.29) is 0 Å². The van der Waals surface area contributed by atoms with Crippen LogP contribution in [0, 0.1) is 0 Å². The molecule has 0 saturated heterocycles. The van der Waals surface area contributed by atoms with Crippen LogP contribution in [0.25, 0.3) is 0 Å². The molecule has 0 heterocycles. The van der Waals surface area contributed by atoms with Crippen molar-refractivity contribution in [2.75, 3.05) is 13.2 Å². The minimum Gasteiger partial charge on any atom is -0.492 e. The largest absolute Gasteiger partial charge is 0.492 e. The molecule has 0 spiro atoms. The fourth-order valence-electron chi connectivity index (χ4n) is 1.85. The summed E-state index contributed by atoms with van der Waals surface area (Å²) in [6.45, 7) is 10.0. The molecule has 0 bridgehead atoms. The van der Waals surface area contributed by atoms with Crippen LogP contribution in [0.5, 0.6) is 5.75 Å². The molecule has 90 valence electrons. The SMILES string of the molecule is CC(C)c1ccc(OCCN)cc1C(C)C. The number of hydrogen-bond donors (Lipinski definition) is 1. The van der Waals surface area contributed by atoms with Crippen LogP contribution >= 0.6 is 0 Å². The number of hydrogen-bond acceptors (Lipinski definition) is 2. The highest BCUT2D eigenvalue weighted by Gasteiger charge is 2.10. The maximum atomic E-state index is 5.56. The number of ether oxygens (including phenoxy) is 1. The van der Waals surface area contributed by atoms with Crippen LogP contribution in [-0.2, 0) is 0 Å². The number of benzene rings is 1. The Morgan fingerprint density at radius 2 is 1.69 bits per heavy atom. The van der Waals surface area contributed by atoms with Gasteiger partial charge in [0.05, 0.1) is 0 Å². The zero-order chi connectivity index (χ0) is 12.1. The summed E-state index contributed by atoms with van der Waals surface area (Å²) in [6.07, 6.45) is 0. The Labute approximate surface area is 98.8 Å². The highest BCUT2D eigenvalue weighted by molar-refractivity contribution is 5.39. The molecule has 0 unspecified atom stereocenters. The summed E-state index contributed by atoms with van der Waals surface area (Å²) in [4.78, 5) is 0. The Kier molecular flexibility index (Phi) is 4.81. The summed E-state index contributed by atoms with van der Waals surface area (Å²) in [7, 11) is 0. The molecule has 16 heavy (non-hydrogen) atoms. The van der Waals surface area contributed by atoms with E-state index in [0.29, 0.717) is 25.0 Å². The zero-order valence-corrected chi connectivity index (χ0v) is 10.8. The van der Waals surface area contributed by atoms with Gasteiger partial charge in [-0.2, -0.15) is 0 Å². The van der Waals surface area contributed by atoms with Crippen LogP contribution in [-0.4, -0.2) is 13.2 Å². The Morgan fingerprint density at radius 1 is 1.06 bits per heavy atom. The Balaban J connectivity index is 2.98. The normalized spacial score (nSPS) is 11.2. The first kappa shape index (κ1) is 13.0. The third kappa shape index (κ3) is 3.24. The number of rotatable bonds is 5. The molecule has 0 aliphatic rings. The zero-order valence-electron chi connectivity index (χ0n) is 10.8. The highest BCUT2D eigenvalue weighted by atomic mass is 16.5. The summed E-state index contributed by atoms with van der Waals surface area (Å²) in [5, 5.41) is 0. The predicted octanol–water partition coefficient (Wildman–Crippen LogP) is 3.27. The molecule has 0 aromatic heterocycles. The lowest BCUT2D eigenvalue weighted by atomic mass is 9.90. The van der Waals surface area contributed by atoms with Gasteiger partial charge in [-0.25, -0.2) is 0 Å². The summed E-state index contributed by atoms with van der Waals surface area (Å²) in [6, 6.07) is 6.36. The summed E-state index contributed by atoms with van der Waals surface area (Å²) in [5.41, 5.74) is 8.22. The molecule has 0 amide bonds. The van der Waals surface area contributed by atoms with Crippen molar-refractivity contribution in [2.45, 2.75) is 39.5 Å². The van der Waals surface area contributed by atoms with Gasteiger partial charge in [0, 0.05) is 6.54 Å². The molecule has 0 aliphatic heterocycles. The van der Waals surface area contributed by atoms with Gasteiger partial charge in [-0.05, 0) is 35.1 Å². The van der Waals surface area contributed by atoms with Crippen LogP contribution in [0.3, 0.4) is 0 Å². The molecule has 0 saturated carbocycles. The molecule has 0 radical (unpaired) electrons. The lowest BCUT2D eigenvalue weighted by molar-refractivity contribution is 0.327. The van der Waals surface area contributed by atoms with E-state index in [1.54, 1.807) is 0 Å². The maximum absolute atomic E-state index is 5.56. The lowest BCUT2D eigenvalue weighted by Gasteiger charge is -2.17. The fraction of sp³-hybridized carbons (Fsp3) is 0.571. The average molecular weight is 221 g/mol. The first-order chi connectivity index (χ1) is 7.56. The molecule has 1 rings (SSSR count). The molecule has 0 fully saturated rings. The molecule has 0 atom stereocenters. The predicted molar refractivity (Wildman–Crippen MR) is 69.2 cm³/mol. The van der Waals surface area contributed by atoms with Crippen LogP contribution in [0.2, 0.25) is 0 Å². The van der Waals surface area contributed by atoms with Crippen molar-refractivity contribution in [3.8, 4) is 5.75 Å². The second-order valence-corrected chi connectivity index (χ2v) is 4.74. The van der Waals surface area contributed by atoms with Crippen molar-refractivity contribution in [1.82, 2.24) is 0 Å². The minimum absolute atomic E-state index is 0.527. The van der Waals surface area contributed by atoms with Gasteiger partial charge in [0.15, 0.2) is 0 Å². The van der Waals surface area contributed by atoms with Crippen molar-refractivity contribution >= 4 is 0 Å². The fourth-order valence-corrected chi connectivity index (χ4v) is 1.85. The lowest BCUT2D eigenvalue weighted by Crippen LogP contribution is -2.11. The van der Waals surface area contributed by atoms with Crippen LogP contribution in [0.1, 0.15) is 50.7 Å². The van der Waals surface area contributed by atoms with Crippen molar-refractivity contribution in [2.24, 2.45) is 5.73 Å². The molecular formula is C14H23NO. The minimum atomic E-state index is 0.527. The molecule has 2 nitrogen and oxygen atoms in total.